The fourth-order valence-electron chi connectivity index (χ4n) is 2.33. The topological polar surface area (TPSA) is 18.5 Å². The first-order valence-electron chi connectivity index (χ1n) is 8.14. The van der Waals surface area contributed by atoms with E-state index >= 15 is 0 Å². The van der Waals surface area contributed by atoms with Gasteiger partial charge in [-0.05, 0) is 69.0 Å². The van der Waals surface area contributed by atoms with E-state index in [0.29, 0.717) is 0 Å². The third-order valence-corrected chi connectivity index (χ3v) is 6.76. The third-order valence-electron chi connectivity index (χ3n) is 3.84. The predicted molar refractivity (Wildman–Crippen MR) is 109 cm³/mol. The zero-order valence-corrected chi connectivity index (χ0v) is 16.3. The Labute approximate surface area is 154 Å². The molecule has 0 aliphatic carbocycles. The molecule has 0 unspecified atom stereocenters. The second-order valence-corrected chi connectivity index (χ2v) is 9.46. The van der Waals surface area contributed by atoms with Crippen molar-refractivity contribution < 1.29 is 9.05 Å². The molecule has 0 radical (unpaired) electrons. The van der Waals surface area contributed by atoms with Crippen LogP contribution in [0.25, 0.3) is 0 Å². The van der Waals surface area contributed by atoms with Gasteiger partial charge >= 0.3 is 6.49 Å². The van der Waals surface area contributed by atoms with Gasteiger partial charge in [0.2, 0.25) is 0 Å². The smallest absolute Gasteiger partial charge is 0.319 e. The van der Waals surface area contributed by atoms with Crippen LogP contribution >= 0.6 is 6.49 Å². The van der Waals surface area contributed by atoms with Gasteiger partial charge in [-0.25, -0.2) is 0 Å². The quantitative estimate of drug-likeness (QED) is 0.538. The Morgan fingerprint density at radius 3 is 1.24 bits per heavy atom. The summed E-state index contributed by atoms with van der Waals surface area (Å²) in [6, 6.07) is 23.8. The standard InChI is InChI=1S/C21H21O2PS/c1-16-4-10-19(11-5-16)22-24(25,21-14-8-18(3)9-15-21)23-20-12-6-17(2)7-13-20/h4-15H,1-3H3. The highest BCUT2D eigenvalue weighted by molar-refractivity contribution is 8.13. The van der Waals surface area contributed by atoms with E-state index in [0.717, 1.165) is 16.8 Å². The van der Waals surface area contributed by atoms with E-state index in [1.165, 1.54) is 16.7 Å². The molecule has 0 bridgehead atoms. The molecular weight excluding hydrogens is 347 g/mol. The Morgan fingerprint density at radius 1 is 0.560 bits per heavy atom. The van der Waals surface area contributed by atoms with Gasteiger partial charge in [0.1, 0.15) is 11.5 Å². The predicted octanol–water partition coefficient (Wildman–Crippen LogP) is 5.70. The monoisotopic (exact) mass is 368 g/mol. The van der Waals surface area contributed by atoms with Crippen LogP contribution in [0, 0.1) is 20.8 Å². The Hall–Kier alpha value is -2.09. The van der Waals surface area contributed by atoms with Crippen molar-refractivity contribution in [2.45, 2.75) is 20.8 Å². The van der Waals surface area contributed by atoms with Crippen LogP contribution in [0.15, 0.2) is 72.8 Å². The lowest BCUT2D eigenvalue weighted by Gasteiger charge is -2.24. The number of hydrogen-bond acceptors (Lipinski definition) is 3. The first-order valence-corrected chi connectivity index (χ1v) is 10.8. The fourth-order valence-corrected chi connectivity index (χ4v) is 4.77. The Balaban J connectivity index is 1.97. The number of benzene rings is 3. The van der Waals surface area contributed by atoms with Crippen LogP contribution < -0.4 is 14.4 Å². The summed E-state index contributed by atoms with van der Waals surface area (Å²) in [7, 11) is 0. The molecule has 3 rings (SSSR count). The van der Waals surface area contributed by atoms with Crippen LogP contribution in [-0.4, -0.2) is 0 Å². The van der Waals surface area contributed by atoms with Crippen molar-refractivity contribution in [2.75, 3.05) is 0 Å². The third kappa shape index (κ3) is 4.50. The summed E-state index contributed by atoms with van der Waals surface area (Å²) in [4.78, 5) is 0. The van der Waals surface area contributed by atoms with Gasteiger partial charge in [0, 0.05) is 0 Å². The first kappa shape index (κ1) is 17.7. The fraction of sp³-hybridized carbons (Fsp3) is 0.143. The van der Waals surface area contributed by atoms with Crippen LogP contribution in [0.3, 0.4) is 0 Å². The summed E-state index contributed by atoms with van der Waals surface area (Å²) >= 11 is 5.91. The van der Waals surface area contributed by atoms with Crippen molar-refractivity contribution in [3.8, 4) is 11.5 Å². The van der Waals surface area contributed by atoms with E-state index < -0.39 is 6.49 Å². The van der Waals surface area contributed by atoms with Crippen molar-refractivity contribution in [1.29, 1.82) is 0 Å². The number of rotatable bonds is 5. The molecule has 0 aliphatic heterocycles. The van der Waals surface area contributed by atoms with E-state index in [9.17, 15) is 0 Å². The summed E-state index contributed by atoms with van der Waals surface area (Å²) < 4.78 is 12.4. The van der Waals surface area contributed by atoms with Crippen molar-refractivity contribution in [1.82, 2.24) is 0 Å². The average molecular weight is 368 g/mol. The second-order valence-electron chi connectivity index (χ2n) is 6.14. The maximum absolute atomic E-state index is 6.22. The minimum Gasteiger partial charge on any atom is -0.432 e. The molecular formula is C21H21O2PS. The van der Waals surface area contributed by atoms with Crippen LogP contribution in [0.4, 0.5) is 0 Å². The van der Waals surface area contributed by atoms with Gasteiger partial charge < -0.3 is 9.05 Å². The number of hydrogen-bond donors (Lipinski definition) is 0. The molecule has 3 aromatic carbocycles. The average Bonchev–Trinajstić information content (AvgIpc) is 2.60. The summed E-state index contributed by atoms with van der Waals surface area (Å²) in [5, 5.41) is 0.897. The molecule has 0 aliphatic rings. The molecule has 0 fully saturated rings. The summed E-state index contributed by atoms with van der Waals surface area (Å²) in [6.07, 6.45) is 0. The first-order chi connectivity index (χ1) is 11.9. The Kier molecular flexibility index (Phi) is 5.27. The lowest BCUT2D eigenvalue weighted by Crippen LogP contribution is -2.14. The lowest BCUT2D eigenvalue weighted by atomic mass is 10.2. The second kappa shape index (κ2) is 7.43. The molecule has 25 heavy (non-hydrogen) atoms. The van der Waals surface area contributed by atoms with Crippen molar-refractivity contribution in [3.63, 3.8) is 0 Å². The van der Waals surface area contributed by atoms with Crippen LogP contribution in [0.2, 0.25) is 0 Å². The zero-order valence-electron chi connectivity index (χ0n) is 14.6. The number of aryl methyl sites for hydroxylation is 3. The molecule has 0 saturated carbocycles. The van der Waals surface area contributed by atoms with Gasteiger partial charge in [0.15, 0.2) is 0 Å². The highest BCUT2D eigenvalue weighted by Crippen LogP contribution is 2.48. The van der Waals surface area contributed by atoms with E-state index in [1.807, 2.05) is 86.6 Å². The molecule has 2 nitrogen and oxygen atoms in total. The molecule has 0 amide bonds. The summed E-state index contributed by atoms with van der Waals surface area (Å²) in [6.45, 7) is 3.41. The van der Waals surface area contributed by atoms with Gasteiger partial charge in [-0.1, -0.05) is 53.1 Å². The van der Waals surface area contributed by atoms with Crippen molar-refractivity contribution in [3.05, 3.63) is 89.5 Å². The Bertz CT molecular complexity index is 833. The molecule has 0 spiro atoms. The highest BCUT2D eigenvalue weighted by atomic mass is 32.5. The van der Waals surface area contributed by atoms with Gasteiger partial charge in [0.25, 0.3) is 0 Å². The molecule has 128 valence electrons. The van der Waals surface area contributed by atoms with E-state index in [-0.39, 0.29) is 0 Å². The summed E-state index contributed by atoms with van der Waals surface area (Å²) in [5.41, 5.74) is 3.53. The molecule has 0 heterocycles. The van der Waals surface area contributed by atoms with Gasteiger partial charge in [-0.2, -0.15) is 0 Å². The minimum absolute atomic E-state index is 0.724. The van der Waals surface area contributed by atoms with Crippen LogP contribution in [0.1, 0.15) is 16.7 Å². The van der Waals surface area contributed by atoms with Crippen molar-refractivity contribution in [2.24, 2.45) is 0 Å². The maximum Gasteiger partial charge on any atom is 0.319 e. The molecule has 0 aromatic heterocycles. The lowest BCUT2D eigenvalue weighted by molar-refractivity contribution is 0.498. The highest BCUT2D eigenvalue weighted by Gasteiger charge is 2.25. The zero-order chi connectivity index (χ0) is 17.9. The molecule has 0 saturated heterocycles. The largest absolute Gasteiger partial charge is 0.432 e. The molecule has 0 atom stereocenters. The molecule has 3 aromatic rings. The molecule has 0 N–H and O–H groups in total. The van der Waals surface area contributed by atoms with Crippen LogP contribution in [0.5, 0.6) is 11.5 Å². The SMILES string of the molecule is Cc1ccc(OP(=S)(Oc2ccc(C)cc2)c2ccc(C)cc2)cc1. The summed E-state index contributed by atoms with van der Waals surface area (Å²) in [5.74, 6) is 1.45. The van der Waals surface area contributed by atoms with E-state index in [1.54, 1.807) is 0 Å². The van der Waals surface area contributed by atoms with Crippen molar-refractivity contribution >= 4 is 23.6 Å². The maximum atomic E-state index is 6.22. The van der Waals surface area contributed by atoms with E-state index in [4.69, 9.17) is 20.9 Å². The molecule has 4 heteroatoms. The Morgan fingerprint density at radius 2 is 0.880 bits per heavy atom. The van der Waals surface area contributed by atoms with Gasteiger partial charge in [-0.15, -0.1) is 0 Å². The van der Waals surface area contributed by atoms with Gasteiger partial charge in [0.05, 0.1) is 5.30 Å². The minimum atomic E-state index is -2.73. The van der Waals surface area contributed by atoms with Gasteiger partial charge in [-0.3, -0.25) is 0 Å². The van der Waals surface area contributed by atoms with E-state index in [2.05, 4.69) is 6.92 Å². The van der Waals surface area contributed by atoms with Crippen LogP contribution in [-0.2, 0) is 11.8 Å². The normalized spacial score (nSPS) is 11.2.